The monoisotopic (exact) mass is 522 g/mol. The second-order valence-corrected chi connectivity index (χ2v) is 13.8. The van der Waals surface area contributed by atoms with Crippen molar-refractivity contribution in [1.29, 1.82) is 0 Å². The standard InChI is InChI=1S/C37H34OSi/c1-2-12-27(13-3-1)26-38-34-24-25-37(33-21-9-8-20-32(33)34)39(35-22-10-16-28-14-4-6-18-30(28)35)36-23-11-17-29-15-5-7-19-31(29)36/h4-11,14-25,27,39H,1-3,12-13,26H2. The number of hydrogen-bond donors (Lipinski definition) is 0. The van der Waals surface area contributed by atoms with Crippen molar-refractivity contribution < 1.29 is 4.74 Å². The molecule has 1 aliphatic carbocycles. The van der Waals surface area contributed by atoms with Crippen LogP contribution in [-0.2, 0) is 0 Å². The minimum atomic E-state index is -1.88. The average molecular weight is 523 g/mol. The Bertz CT molecular complexity index is 1680. The van der Waals surface area contributed by atoms with Gasteiger partial charge in [0.2, 0.25) is 0 Å². The molecule has 0 N–H and O–H groups in total. The summed E-state index contributed by atoms with van der Waals surface area (Å²) in [5.41, 5.74) is 0. The minimum Gasteiger partial charge on any atom is -0.493 e. The lowest BCUT2D eigenvalue weighted by Crippen LogP contribution is -2.52. The summed E-state index contributed by atoms with van der Waals surface area (Å²) in [5.74, 6) is 1.72. The van der Waals surface area contributed by atoms with E-state index in [0.29, 0.717) is 5.92 Å². The molecule has 1 nitrogen and oxygen atoms in total. The van der Waals surface area contributed by atoms with E-state index in [2.05, 4.69) is 121 Å². The van der Waals surface area contributed by atoms with Crippen molar-refractivity contribution in [3.63, 3.8) is 0 Å². The SMILES string of the molecule is c1ccc2c([SiH](c3cccc4ccccc34)c3ccc(OCC4CCCCC4)c4ccccc34)cccc2c1. The van der Waals surface area contributed by atoms with Crippen molar-refractivity contribution in [3.05, 3.63) is 121 Å². The lowest BCUT2D eigenvalue weighted by molar-refractivity contribution is 0.210. The Morgan fingerprint density at radius 3 is 1.64 bits per heavy atom. The van der Waals surface area contributed by atoms with Crippen molar-refractivity contribution in [2.24, 2.45) is 5.92 Å². The van der Waals surface area contributed by atoms with Crippen LogP contribution in [0, 0.1) is 5.92 Å². The van der Waals surface area contributed by atoms with Gasteiger partial charge in [0.25, 0.3) is 0 Å². The number of hydrogen-bond acceptors (Lipinski definition) is 1. The molecule has 7 rings (SSSR count). The smallest absolute Gasteiger partial charge is 0.135 e. The molecular weight excluding hydrogens is 488 g/mol. The molecule has 1 fully saturated rings. The Morgan fingerprint density at radius 1 is 0.487 bits per heavy atom. The van der Waals surface area contributed by atoms with Gasteiger partial charge in [0.05, 0.1) is 6.61 Å². The molecule has 1 aliphatic rings. The highest BCUT2D eigenvalue weighted by Crippen LogP contribution is 2.29. The zero-order valence-corrected chi connectivity index (χ0v) is 23.5. The summed E-state index contributed by atoms with van der Waals surface area (Å²) in [4.78, 5) is 0. The van der Waals surface area contributed by atoms with Gasteiger partial charge in [-0.2, -0.15) is 0 Å². The molecule has 6 aromatic carbocycles. The van der Waals surface area contributed by atoms with Crippen molar-refractivity contribution in [3.8, 4) is 5.75 Å². The number of fused-ring (bicyclic) bond motifs is 3. The highest BCUT2D eigenvalue weighted by Gasteiger charge is 2.25. The summed E-state index contributed by atoms with van der Waals surface area (Å²) in [6.07, 6.45) is 6.66. The third-order valence-electron chi connectivity index (χ3n) is 8.70. The third-order valence-corrected chi connectivity index (χ3v) is 12.1. The van der Waals surface area contributed by atoms with E-state index in [-0.39, 0.29) is 0 Å². The normalized spacial score (nSPS) is 14.4. The molecule has 1 saturated carbocycles. The molecule has 2 heteroatoms. The second kappa shape index (κ2) is 10.7. The van der Waals surface area contributed by atoms with E-state index < -0.39 is 8.80 Å². The minimum absolute atomic E-state index is 0.686. The summed E-state index contributed by atoms with van der Waals surface area (Å²) in [7, 11) is -1.88. The fraction of sp³-hybridized carbons (Fsp3) is 0.189. The first-order valence-corrected chi connectivity index (χ1v) is 16.2. The van der Waals surface area contributed by atoms with Gasteiger partial charge in [-0.1, -0.05) is 135 Å². The van der Waals surface area contributed by atoms with E-state index >= 15 is 0 Å². The molecule has 0 saturated heterocycles. The van der Waals surface area contributed by atoms with Gasteiger partial charge in [0.1, 0.15) is 14.5 Å². The predicted molar refractivity (Wildman–Crippen MR) is 170 cm³/mol. The quantitative estimate of drug-likeness (QED) is 0.164. The van der Waals surface area contributed by atoms with Crippen molar-refractivity contribution in [1.82, 2.24) is 0 Å². The van der Waals surface area contributed by atoms with Crippen LogP contribution >= 0.6 is 0 Å². The Hall–Kier alpha value is -3.88. The number of rotatable bonds is 6. The topological polar surface area (TPSA) is 9.23 Å². The molecular formula is C37H34OSi. The summed E-state index contributed by atoms with van der Waals surface area (Å²) in [6, 6.07) is 45.1. The molecule has 39 heavy (non-hydrogen) atoms. The van der Waals surface area contributed by atoms with Crippen LogP contribution in [0.3, 0.4) is 0 Å². The summed E-state index contributed by atoms with van der Waals surface area (Å²) < 4.78 is 6.56. The summed E-state index contributed by atoms with van der Waals surface area (Å²) >= 11 is 0. The molecule has 0 amide bonds. The van der Waals surface area contributed by atoms with E-state index in [1.807, 2.05) is 0 Å². The molecule has 0 unspecified atom stereocenters. The van der Waals surface area contributed by atoms with Crippen LogP contribution in [0.25, 0.3) is 32.3 Å². The van der Waals surface area contributed by atoms with E-state index in [1.165, 1.54) is 80.0 Å². The molecule has 0 spiro atoms. The summed E-state index contributed by atoms with van der Waals surface area (Å²) in [6.45, 7) is 0.830. The van der Waals surface area contributed by atoms with E-state index in [4.69, 9.17) is 4.74 Å². The average Bonchev–Trinajstić information content (AvgIpc) is 3.01. The molecule has 0 atom stereocenters. The van der Waals surface area contributed by atoms with Crippen molar-refractivity contribution >= 4 is 56.7 Å². The Labute approximate surface area is 232 Å². The van der Waals surface area contributed by atoms with Gasteiger partial charge in [0, 0.05) is 5.39 Å². The van der Waals surface area contributed by atoms with Gasteiger partial charge >= 0.3 is 0 Å². The second-order valence-electron chi connectivity index (χ2n) is 11.1. The zero-order chi connectivity index (χ0) is 26.0. The van der Waals surface area contributed by atoms with Gasteiger partial charge in [-0.05, 0) is 67.3 Å². The first-order valence-electron chi connectivity index (χ1n) is 14.5. The molecule has 0 heterocycles. The van der Waals surface area contributed by atoms with Gasteiger partial charge in [0.15, 0.2) is 0 Å². The van der Waals surface area contributed by atoms with E-state index in [1.54, 1.807) is 0 Å². The first kappa shape index (κ1) is 24.2. The van der Waals surface area contributed by atoms with Crippen LogP contribution in [0.15, 0.2) is 121 Å². The molecule has 192 valence electrons. The van der Waals surface area contributed by atoms with Crippen LogP contribution in [0.2, 0.25) is 0 Å². The predicted octanol–water partition coefficient (Wildman–Crippen LogP) is 7.35. The Balaban J connectivity index is 1.43. The van der Waals surface area contributed by atoms with E-state index in [9.17, 15) is 0 Å². The van der Waals surface area contributed by atoms with Crippen LogP contribution in [0.4, 0.5) is 0 Å². The molecule has 6 aromatic rings. The van der Waals surface area contributed by atoms with Crippen LogP contribution < -0.4 is 20.3 Å². The van der Waals surface area contributed by atoms with Gasteiger partial charge in [-0.3, -0.25) is 0 Å². The maximum atomic E-state index is 6.56. The number of ether oxygens (including phenoxy) is 1. The highest BCUT2D eigenvalue weighted by molar-refractivity contribution is 6.99. The number of benzene rings is 6. The lowest BCUT2D eigenvalue weighted by atomic mass is 9.90. The highest BCUT2D eigenvalue weighted by atomic mass is 28.3. The van der Waals surface area contributed by atoms with Crippen molar-refractivity contribution in [2.75, 3.05) is 6.61 Å². The van der Waals surface area contributed by atoms with Crippen LogP contribution in [-0.4, -0.2) is 15.4 Å². The fourth-order valence-corrected chi connectivity index (χ4v) is 10.4. The van der Waals surface area contributed by atoms with Crippen LogP contribution in [0.1, 0.15) is 32.1 Å². The summed E-state index contributed by atoms with van der Waals surface area (Å²) in [5, 5.41) is 12.3. The lowest BCUT2D eigenvalue weighted by Gasteiger charge is -2.25. The third kappa shape index (κ3) is 4.64. The van der Waals surface area contributed by atoms with Gasteiger partial charge in [-0.25, -0.2) is 0 Å². The molecule has 0 aromatic heterocycles. The maximum Gasteiger partial charge on any atom is 0.135 e. The van der Waals surface area contributed by atoms with Gasteiger partial charge < -0.3 is 4.74 Å². The van der Waals surface area contributed by atoms with Gasteiger partial charge in [-0.15, -0.1) is 0 Å². The first-order chi connectivity index (χ1) is 19.4. The van der Waals surface area contributed by atoms with Crippen molar-refractivity contribution in [2.45, 2.75) is 32.1 Å². The maximum absolute atomic E-state index is 6.56. The molecule has 0 bridgehead atoms. The van der Waals surface area contributed by atoms with E-state index in [0.717, 1.165) is 12.4 Å². The molecule has 0 aliphatic heterocycles. The van der Waals surface area contributed by atoms with Crippen LogP contribution in [0.5, 0.6) is 5.75 Å². The Kier molecular flexibility index (Phi) is 6.64. The Morgan fingerprint density at radius 2 is 1.00 bits per heavy atom. The zero-order valence-electron chi connectivity index (χ0n) is 22.4. The largest absolute Gasteiger partial charge is 0.493 e. The fourth-order valence-electron chi connectivity index (χ4n) is 6.74. The molecule has 0 radical (unpaired) electrons.